The van der Waals surface area contributed by atoms with Gasteiger partial charge in [-0.25, -0.2) is 0 Å². The van der Waals surface area contributed by atoms with E-state index in [2.05, 4.69) is 18.8 Å². The van der Waals surface area contributed by atoms with E-state index in [4.69, 9.17) is 11.6 Å². The quantitative estimate of drug-likeness (QED) is 0.482. The van der Waals surface area contributed by atoms with E-state index in [0.717, 1.165) is 23.1 Å². The molecule has 0 saturated heterocycles. The molecule has 0 N–H and O–H groups in total. The molecule has 1 unspecified atom stereocenters. The number of benzene rings is 1. The van der Waals surface area contributed by atoms with Crippen molar-refractivity contribution in [3.8, 4) is 0 Å². The molecule has 3 rings (SSSR count). The number of aromatic nitrogens is 1. The third kappa shape index (κ3) is 1.59. The van der Waals surface area contributed by atoms with Crippen LogP contribution in [-0.4, -0.2) is 11.3 Å². The number of rotatable bonds is 2. The molecule has 0 saturated carbocycles. The Morgan fingerprint density at radius 2 is 1.85 bits per heavy atom. The minimum atomic E-state index is -1.19. The standard InChI is InChI=1S/C16H15ClN2O/c1-15(2)13-7-3-4-8-14(13)16(17,11-20)19(15)12-6-5-9-18-10-12/h3-11H,1-2H3. The summed E-state index contributed by atoms with van der Waals surface area (Å²) in [5.74, 6) is 0. The molecule has 1 aromatic carbocycles. The third-order valence-corrected chi connectivity index (χ3v) is 4.37. The van der Waals surface area contributed by atoms with Crippen molar-refractivity contribution in [1.29, 1.82) is 0 Å². The van der Waals surface area contributed by atoms with Gasteiger partial charge in [-0.15, -0.1) is 0 Å². The zero-order valence-electron chi connectivity index (χ0n) is 11.4. The van der Waals surface area contributed by atoms with Crippen molar-refractivity contribution in [1.82, 2.24) is 4.98 Å². The highest BCUT2D eigenvalue weighted by atomic mass is 35.5. The van der Waals surface area contributed by atoms with Gasteiger partial charge in [-0.1, -0.05) is 35.9 Å². The van der Waals surface area contributed by atoms with E-state index in [0.29, 0.717) is 0 Å². The van der Waals surface area contributed by atoms with Gasteiger partial charge in [0.2, 0.25) is 0 Å². The molecular formula is C16H15ClN2O. The largest absolute Gasteiger partial charge is 0.332 e. The summed E-state index contributed by atoms with van der Waals surface area (Å²) in [7, 11) is 0. The second kappa shape index (κ2) is 4.32. The first kappa shape index (κ1) is 13.1. The first-order chi connectivity index (χ1) is 9.52. The number of pyridine rings is 1. The Bertz CT molecular complexity index is 657. The van der Waals surface area contributed by atoms with Gasteiger partial charge in [-0.3, -0.25) is 9.78 Å². The summed E-state index contributed by atoms with van der Waals surface area (Å²) in [5, 5.41) is 0. The number of nitrogens with zero attached hydrogens (tertiary/aromatic N) is 2. The first-order valence-corrected chi connectivity index (χ1v) is 6.85. The van der Waals surface area contributed by atoms with Gasteiger partial charge >= 0.3 is 0 Å². The van der Waals surface area contributed by atoms with Crippen LogP contribution in [0.1, 0.15) is 25.0 Å². The number of carbonyl (C=O) groups excluding carboxylic acids is 1. The van der Waals surface area contributed by atoms with Crippen LogP contribution in [0.5, 0.6) is 0 Å². The minimum absolute atomic E-state index is 0.387. The fourth-order valence-corrected chi connectivity index (χ4v) is 3.56. The normalized spacial score (nSPS) is 23.4. The van der Waals surface area contributed by atoms with Crippen LogP contribution in [0.3, 0.4) is 0 Å². The molecule has 3 nitrogen and oxygen atoms in total. The molecule has 2 aromatic rings. The number of halogens is 1. The number of hydrogen-bond acceptors (Lipinski definition) is 3. The summed E-state index contributed by atoms with van der Waals surface area (Å²) >= 11 is 6.70. The highest BCUT2D eigenvalue weighted by Crippen LogP contribution is 2.52. The summed E-state index contributed by atoms with van der Waals surface area (Å²) < 4.78 is 0. The molecule has 0 amide bonds. The maximum atomic E-state index is 11.8. The maximum Gasteiger partial charge on any atom is 0.197 e. The van der Waals surface area contributed by atoms with Gasteiger partial charge in [-0.2, -0.15) is 0 Å². The van der Waals surface area contributed by atoms with E-state index in [1.54, 1.807) is 12.4 Å². The molecule has 1 aliphatic heterocycles. The fraction of sp³-hybridized carbons (Fsp3) is 0.250. The molecule has 2 heterocycles. The summed E-state index contributed by atoms with van der Waals surface area (Å²) in [6.07, 6.45) is 4.24. The number of fused-ring (bicyclic) bond motifs is 1. The van der Waals surface area contributed by atoms with Crippen molar-refractivity contribution in [2.24, 2.45) is 0 Å². The summed E-state index contributed by atoms with van der Waals surface area (Å²) in [6, 6.07) is 11.6. The first-order valence-electron chi connectivity index (χ1n) is 6.47. The van der Waals surface area contributed by atoms with E-state index >= 15 is 0 Å². The predicted molar refractivity (Wildman–Crippen MR) is 79.8 cm³/mol. The van der Waals surface area contributed by atoms with Gasteiger partial charge in [0.05, 0.1) is 17.4 Å². The number of carbonyl (C=O) groups is 1. The lowest BCUT2D eigenvalue weighted by Crippen LogP contribution is -2.46. The molecule has 0 radical (unpaired) electrons. The molecule has 1 aromatic heterocycles. The Labute approximate surface area is 123 Å². The zero-order valence-corrected chi connectivity index (χ0v) is 12.1. The van der Waals surface area contributed by atoms with Crippen LogP contribution in [0.2, 0.25) is 0 Å². The van der Waals surface area contributed by atoms with Crippen LogP contribution in [0, 0.1) is 0 Å². The van der Waals surface area contributed by atoms with Crippen molar-refractivity contribution in [3.63, 3.8) is 0 Å². The molecule has 102 valence electrons. The Kier molecular flexibility index (Phi) is 2.83. The summed E-state index contributed by atoms with van der Waals surface area (Å²) in [5.41, 5.74) is 2.34. The Morgan fingerprint density at radius 1 is 1.15 bits per heavy atom. The van der Waals surface area contributed by atoms with Crippen LogP contribution in [0.4, 0.5) is 5.69 Å². The lowest BCUT2D eigenvalue weighted by atomic mass is 9.93. The van der Waals surface area contributed by atoms with Gasteiger partial charge in [0, 0.05) is 11.8 Å². The highest BCUT2D eigenvalue weighted by molar-refractivity contribution is 6.33. The average Bonchev–Trinajstić information content (AvgIpc) is 2.65. The lowest BCUT2D eigenvalue weighted by molar-refractivity contribution is -0.110. The van der Waals surface area contributed by atoms with Crippen LogP contribution >= 0.6 is 11.6 Å². The average molecular weight is 287 g/mol. The van der Waals surface area contributed by atoms with Gasteiger partial charge in [0.15, 0.2) is 11.3 Å². The van der Waals surface area contributed by atoms with Crippen molar-refractivity contribution in [2.45, 2.75) is 24.4 Å². The monoisotopic (exact) mass is 286 g/mol. The van der Waals surface area contributed by atoms with E-state index in [-0.39, 0.29) is 5.54 Å². The second-order valence-electron chi connectivity index (χ2n) is 5.44. The maximum absolute atomic E-state index is 11.8. The molecule has 20 heavy (non-hydrogen) atoms. The van der Waals surface area contributed by atoms with Crippen LogP contribution in [-0.2, 0) is 15.3 Å². The molecular weight excluding hydrogens is 272 g/mol. The number of hydrogen-bond donors (Lipinski definition) is 0. The van der Waals surface area contributed by atoms with E-state index in [9.17, 15) is 4.79 Å². The molecule has 0 aliphatic carbocycles. The van der Waals surface area contributed by atoms with Crippen LogP contribution < -0.4 is 4.90 Å². The predicted octanol–water partition coefficient (Wildman–Crippen LogP) is 3.43. The van der Waals surface area contributed by atoms with E-state index in [1.165, 1.54) is 0 Å². The number of aldehydes is 1. The lowest BCUT2D eigenvalue weighted by Gasteiger charge is -2.40. The Balaban J connectivity index is 2.28. The fourth-order valence-electron chi connectivity index (χ4n) is 3.08. The molecule has 1 atom stereocenters. The smallest absolute Gasteiger partial charge is 0.197 e. The molecule has 0 bridgehead atoms. The van der Waals surface area contributed by atoms with Crippen LogP contribution in [0.25, 0.3) is 0 Å². The molecule has 4 heteroatoms. The minimum Gasteiger partial charge on any atom is -0.332 e. The summed E-state index contributed by atoms with van der Waals surface area (Å²) in [4.78, 5) is 16.6. The Hall–Kier alpha value is -1.87. The topological polar surface area (TPSA) is 33.2 Å². The van der Waals surface area contributed by atoms with Gasteiger partial charge in [-0.05, 0) is 31.5 Å². The molecule has 0 fully saturated rings. The second-order valence-corrected chi connectivity index (χ2v) is 6.02. The van der Waals surface area contributed by atoms with Gasteiger partial charge < -0.3 is 4.90 Å². The van der Waals surface area contributed by atoms with E-state index < -0.39 is 5.00 Å². The molecule has 1 aliphatic rings. The zero-order chi connectivity index (χ0) is 14.4. The van der Waals surface area contributed by atoms with Crippen LogP contribution in [0.15, 0.2) is 48.8 Å². The molecule has 0 spiro atoms. The Morgan fingerprint density at radius 3 is 2.45 bits per heavy atom. The number of alkyl halides is 1. The number of anilines is 1. The van der Waals surface area contributed by atoms with Gasteiger partial charge in [0.25, 0.3) is 0 Å². The third-order valence-electron chi connectivity index (χ3n) is 3.91. The van der Waals surface area contributed by atoms with Crippen molar-refractivity contribution in [2.75, 3.05) is 4.90 Å². The summed E-state index contributed by atoms with van der Waals surface area (Å²) in [6.45, 7) is 4.12. The van der Waals surface area contributed by atoms with Crippen molar-refractivity contribution < 1.29 is 4.79 Å². The van der Waals surface area contributed by atoms with Crippen molar-refractivity contribution in [3.05, 3.63) is 59.9 Å². The van der Waals surface area contributed by atoms with E-state index in [1.807, 2.05) is 41.3 Å². The SMILES string of the molecule is CC1(C)c2ccccc2C(Cl)(C=O)N1c1cccnc1. The highest BCUT2D eigenvalue weighted by Gasteiger charge is 2.53. The van der Waals surface area contributed by atoms with Crippen molar-refractivity contribution >= 4 is 23.6 Å². The van der Waals surface area contributed by atoms with Gasteiger partial charge in [0.1, 0.15) is 0 Å².